The third-order valence-corrected chi connectivity index (χ3v) is 2.74. The number of nitrogens with zero attached hydrogens (tertiary/aromatic N) is 2. The maximum absolute atomic E-state index is 12.8. The lowest BCUT2D eigenvalue weighted by molar-refractivity contribution is -0.173. The fraction of sp³-hybridized carbons (Fsp3) is 0.700. The molecule has 0 saturated heterocycles. The topological polar surface area (TPSA) is 17.8 Å². The SMILES string of the molecule is Cc1cn(C(C2CC2)C(F)(F)F)c(C)n1. The number of hydrogen-bond donors (Lipinski definition) is 0. The van der Waals surface area contributed by atoms with Gasteiger partial charge < -0.3 is 4.57 Å². The normalized spacial score (nSPS) is 19.3. The lowest BCUT2D eigenvalue weighted by atomic mass is 10.1. The van der Waals surface area contributed by atoms with Crippen molar-refractivity contribution < 1.29 is 13.2 Å². The van der Waals surface area contributed by atoms with Crippen molar-refractivity contribution in [2.24, 2.45) is 5.92 Å². The van der Waals surface area contributed by atoms with Crippen molar-refractivity contribution >= 4 is 0 Å². The molecule has 1 aliphatic carbocycles. The average molecular weight is 218 g/mol. The molecule has 2 rings (SSSR count). The first-order chi connectivity index (χ1) is 6.89. The summed E-state index contributed by atoms with van der Waals surface area (Å²) in [5, 5.41) is 0. The highest BCUT2D eigenvalue weighted by atomic mass is 19.4. The highest BCUT2D eigenvalue weighted by Crippen LogP contribution is 2.48. The van der Waals surface area contributed by atoms with Gasteiger partial charge in [-0.25, -0.2) is 4.98 Å². The number of rotatable bonds is 2. The molecule has 1 atom stereocenters. The van der Waals surface area contributed by atoms with Crippen molar-refractivity contribution in [2.45, 2.75) is 38.9 Å². The number of alkyl halides is 3. The molecule has 2 nitrogen and oxygen atoms in total. The Bertz CT molecular complexity index is 363. The van der Waals surface area contributed by atoms with Gasteiger partial charge in [0.2, 0.25) is 0 Å². The van der Waals surface area contributed by atoms with Gasteiger partial charge in [-0.1, -0.05) is 0 Å². The maximum atomic E-state index is 12.8. The Kier molecular flexibility index (Phi) is 2.28. The summed E-state index contributed by atoms with van der Waals surface area (Å²) in [6.45, 7) is 3.33. The van der Waals surface area contributed by atoms with Crippen molar-refractivity contribution in [3.63, 3.8) is 0 Å². The molecule has 0 N–H and O–H groups in total. The first kappa shape index (κ1) is 10.5. The Morgan fingerprint density at radius 3 is 2.33 bits per heavy atom. The summed E-state index contributed by atoms with van der Waals surface area (Å²) >= 11 is 0. The van der Waals surface area contributed by atoms with Gasteiger partial charge in [-0.15, -0.1) is 0 Å². The standard InChI is InChI=1S/C10H13F3N2/c1-6-5-15(7(2)14-6)9(8-3-4-8)10(11,12)13/h5,8-9H,3-4H2,1-2H3. The van der Waals surface area contributed by atoms with Crippen LogP contribution in [-0.2, 0) is 0 Å². The molecule has 0 spiro atoms. The summed E-state index contributed by atoms with van der Waals surface area (Å²) in [7, 11) is 0. The van der Waals surface area contributed by atoms with E-state index in [1.165, 1.54) is 10.8 Å². The summed E-state index contributed by atoms with van der Waals surface area (Å²) in [6.07, 6.45) is -1.34. The summed E-state index contributed by atoms with van der Waals surface area (Å²) in [4.78, 5) is 4.02. The van der Waals surface area contributed by atoms with Gasteiger partial charge in [-0.05, 0) is 32.6 Å². The van der Waals surface area contributed by atoms with E-state index in [-0.39, 0.29) is 5.92 Å². The van der Waals surface area contributed by atoms with Gasteiger partial charge in [0.05, 0.1) is 5.69 Å². The van der Waals surface area contributed by atoms with E-state index in [0.29, 0.717) is 24.4 Å². The van der Waals surface area contributed by atoms with Gasteiger partial charge in [-0.3, -0.25) is 0 Å². The van der Waals surface area contributed by atoms with Crippen LogP contribution in [0, 0.1) is 19.8 Å². The predicted molar refractivity (Wildman–Crippen MR) is 49.5 cm³/mol. The van der Waals surface area contributed by atoms with E-state index < -0.39 is 12.2 Å². The molecular formula is C10H13F3N2. The molecule has 0 amide bonds. The second kappa shape index (κ2) is 3.25. The lowest BCUT2D eigenvalue weighted by Gasteiger charge is -2.22. The van der Waals surface area contributed by atoms with Crippen LogP contribution in [0.4, 0.5) is 13.2 Å². The monoisotopic (exact) mass is 218 g/mol. The second-order valence-electron chi connectivity index (χ2n) is 4.16. The fourth-order valence-corrected chi connectivity index (χ4v) is 1.98. The van der Waals surface area contributed by atoms with E-state index in [1.54, 1.807) is 13.8 Å². The molecule has 0 radical (unpaired) electrons. The molecule has 0 aliphatic heterocycles. The molecule has 1 fully saturated rings. The number of halogens is 3. The Hall–Kier alpha value is -1.00. The van der Waals surface area contributed by atoms with Crippen molar-refractivity contribution in [3.05, 3.63) is 17.7 Å². The molecule has 0 bridgehead atoms. The van der Waals surface area contributed by atoms with E-state index in [4.69, 9.17) is 0 Å². The molecule has 1 saturated carbocycles. The minimum absolute atomic E-state index is 0.253. The van der Waals surface area contributed by atoms with Crippen molar-refractivity contribution in [3.8, 4) is 0 Å². The summed E-state index contributed by atoms with van der Waals surface area (Å²) in [6, 6.07) is -1.38. The third-order valence-electron chi connectivity index (χ3n) is 2.74. The molecule has 1 heterocycles. The van der Waals surface area contributed by atoms with Crippen LogP contribution in [0.1, 0.15) is 30.4 Å². The smallest absolute Gasteiger partial charge is 0.322 e. The first-order valence-electron chi connectivity index (χ1n) is 4.98. The van der Waals surface area contributed by atoms with E-state index in [1.807, 2.05) is 0 Å². The second-order valence-corrected chi connectivity index (χ2v) is 4.16. The van der Waals surface area contributed by atoms with E-state index in [9.17, 15) is 13.2 Å². The number of imidazole rings is 1. The van der Waals surface area contributed by atoms with Crippen LogP contribution in [0.3, 0.4) is 0 Å². The van der Waals surface area contributed by atoms with Crippen LogP contribution in [0.25, 0.3) is 0 Å². The van der Waals surface area contributed by atoms with Crippen molar-refractivity contribution in [2.75, 3.05) is 0 Å². The van der Waals surface area contributed by atoms with Crippen molar-refractivity contribution in [1.82, 2.24) is 9.55 Å². The van der Waals surface area contributed by atoms with E-state index >= 15 is 0 Å². The molecule has 1 aromatic heterocycles. The van der Waals surface area contributed by atoms with Crippen LogP contribution in [0.5, 0.6) is 0 Å². The van der Waals surface area contributed by atoms with Crippen molar-refractivity contribution in [1.29, 1.82) is 0 Å². The number of aromatic nitrogens is 2. The van der Waals surface area contributed by atoms with Crippen LogP contribution < -0.4 is 0 Å². The molecular weight excluding hydrogens is 205 g/mol. The Labute approximate surface area is 86.1 Å². The molecule has 5 heteroatoms. The Balaban J connectivity index is 2.36. The molecule has 15 heavy (non-hydrogen) atoms. The maximum Gasteiger partial charge on any atom is 0.409 e. The highest BCUT2D eigenvalue weighted by molar-refractivity contribution is 5.05. The van der Waals surface area contributed by atoms with Crippen LogP contribution >= 0.6 is 0 Å². The van der Waals surface area contributed by atoms with Gasteiger partial charge in [-0.2, -0.15) is 13.2 Å². The lowest BCUT2D eigenvalue weighted by Crippen LogP contribution is -2.28. The predicted octanol–water partition coefficient (Wildman–Crippen LogP) is 3.01. The average Bonchev–Trinajstić information content (AvgIpc) is 2.78. The zero-order valence-corrected chi connectivity index (χ0v) is 8.67. The minimum atomic E-state index is -4.17. The Morgan fingerprint density at radius 1 is 1.40 bits per heavy atom. The van der Waals surface area contributed by atoms with E-state index in [0.717, 1.165) is 0 Å². The Morgan fingerprint density at radius 2 is 2.00 bits per heavy atom. The van der Waals surface area contributed by atoms with Gasteiger partial charge in [0.25, 0.3) is 0 Å². The summed E-state index contributed by atoms with van der Waals surface area (Å²) < 4.78 is 39.8. The quantitative estimate of drug-likeness (QED) is 0.746. The fourth-order valence-electron chi connectivity index (χ4n) is 1.98. The molecule has 1 unspecified atom stereocenters. The summed E-state index contributed by atoms with van der Waals surface area (Å²) in [5.74, 6) is 0.194. The number of aryl methyl sites for hydroxylation is 2. The van der Waals surface area contributed by atoms with Gasteiger partial charge in [0.1, 0.15) is 11.9 Å². The largest absolute Gasteiger partial charge is 0.409 e. The first-order valence-corrected chi connectivity index (χ1v) is 4.98. The highest BCUT2D eigenvalue weighted by Gasteiger charge is 2.50. The third kappa shape index (κ3) is 2.01. The number of hydrogen-bond acceptors (Lipinski definition) is 1. The minimum Gasteiger partial charge on any atom is -0.322 e. The zero-order chi connectivity index (χ0) is 11.2. The summed E-state index contributed by atoms with van der Waals surface area (Å²) in [5.41, 5.74) is 0.641. The molecule has 1 aromatic rings. The van der Waals surface area contributed by atoms with Gasteiger partial charge in [0.15, 0.2) is 0 Å². The molecule has 84 valence electrons. The van der Waals surface area contributed by atoms with Gasteiger partial charge in [0, 0.05) is 6.20 Å². The van der Waals surface area contributed by atoms with Crippen LogP contribution in [-0.4, -0.2) is 15.7 Å². The van der Waals surface area contributed by atoms with Crippen LogP contribution in [0.15, 0.2) is 6.20 Å². The molecule has 1 aliphatic rings. The molecule has 0 aromatic carbocycles. The van der Waals surface area contributed by atoms with Crippen LogP contribution in [0.2, 0.25) is 0 Å². The zero-order valence-electron chi connectivity index (χ0n) is 8.67. The van der Waals surface area contributed by atoms with E-state index in [2.05, 4.69) is 4.98 Å². The van der Waals surface area contributed by atoms with Gasteiger partial charge >= 0.3 is 6.18 Å².